The first-order chi connectivity index (χ1) is 8.27. The molecule has 0 rings (SSSR count). The van der Waals surface area contributed by atoms with E-state index in [1.54, 1.807) is 5.92 Å². The molecule has 1 radical (unpaired) electrons. The van der Waals surface area contributed by atoms with Crippen LogP contribution in [0, 0.1) is 17.8 Å². The van der Waals surface area contributed by atoms with Gasteiger partial charge in [-0.25, -0.2) is 0 Å². The summed E-state index contributed by atoms with van der Waals surface area (Å²) in [5.41, 5.74) is 0. The van der Waals surface area contributed by atoms with Crippen LogP contribution < -0.4 is 0 Å². The van der Waals surface area contributed by atoms with Crippen LogP contribution in [0.2, 0.25) is 0 Å². The lowest BCUT2D eigenvalue weighted by molar-refractivity contribution is 0.627. The molecule has 0 aromatic rings. The first kappa shape index (κ1) is 16.6. The van der Waals surface area contributed by atoms with Crippen molar-refractivity contribution in [3.05, 3.63) is 5.92 Å². The summed E-state index contributed by atoms with van der Waals surface area (Å²) in [6.45, 7) is 6.71. The number of rotatable bonds is 10. The summed E-state index contributed by atoms with van der Waals surface area (Å²) >= 11 is 0. The summed E-state index contributed by atoms with van der Waals surface area (Å²) in [7, 11) is 0. The van der Waals surface area contributed by atoms with Crippen molar-refractivity contribution in [3.8, 4) is 11.8 Å². The van der Waals surface area contributed by atoms with Gasteiger partial charge in [0.1, 0.15) is 0 Å². The number of hydrogen-bond donors (Lipinski definition) is 0. The minimum absolute atomic E-state index is 1.11. The van der Waals surface area contributed by atoms with Crippen LogP contribution in [0.15, 0.2) is 0 Å². The van der Waals surface area contributed by atoms with Crippen LogP contribution in [0.5, 0.6) is 0 Å². The first-order valence-corrected chi connectivity index (χ1v) is 7.52. The molecule has 0 N–H and O–H groups in total. The molecule has 0 spiro atoms. The molecule has 0 nitrogen and oxygen atoms in total. The fraction of sp³-hybridized carbons (Fsp3) is 0.824. The lowest BCUT2D eigenvalue weighted by atomic mass is 10.0. The Bertz CT molecular complexity index is 192. The Balaban J connectivity index is 3.09. The van der Waals surface area contributed by atoms with E-state index in [-0.39, 0.29) is 0 Å². The van der Waals surface area contributed by atoms with E-state index in [0.717, 1.165) is 12.8 Å². The van der Waals surface area contributed by atoms with Gasteiger partial charge in [-0.3, -0.25) is 0 Å². The minimum atomic E-state index is 1.11. The van der Waals surface area contributed by atoms with Gasteiger partial charge in [-0.2, -0.15) is 0 Å². The molecule has 0 aliphatic carbocycles. The third kappa shape index (κ3) is 15.6. The van der Waals surface area contributed by atoms with Gasteiger partial charge in [-0.05, 0) is 25.2 Å². The Morgan fingerprint density at radius 1 is 0.706 bits per heavy atom. The van der Waals surface area contributed by atoms with Crippen LogP contribution in [0.4, 0.5) is 0 Å². The maximum absolute atomic E-state index is 3.31. The molecule has 0 saturated carbocycles. The Labute approximate surface area is 110 Å². The van der Waals surface area contributed by atoms with Crippen molar-refractivity contribution in [2.24, 2.45) is 0 Å². The molecule has 0 fully saturated rings. The van der Waals surface area contributed by atoms with E-state index in [2.05, 4.69) is 32.6 Å². The summed E-state index contributed by atoms with van der Waals surface area (Å²) < 4.78 is 0. The highest BCUT2D eigenvalue weighted by Crippen LogP contribution is 2.11. The number of unbranched alkanes of at least 4 members (excludes halogenated alkanes) is 8. The molecule has 0 unspecified atom stereocenters. The maximum atomic E-state index is 3.31. The van der Waals surface area contributed by atoms with Crippen LogP contribution in [-0.4, -0.2) is 0 Å². The van der Waals surface area contributed by atoms with E-state index in [0.29, 0.717) is 0 Å². The van der Waals surface area contributed by atoms with Crippen molar-refractivity contribution in [3.63, 3.8) is 0 Å². The highest BCUT2D eigenvalue weighted by molar-refractivity contribution is 4.98. The summed E-state index contributed by atoms with van der Waals surface area (Å²) in [5.74, 6) is 8.17. The monoisotopic (exact) mass is 235 g/mol. The van der Waals surface area contributed by atoms with Crippen molar-refractivity contribution < 1.29 is 0 Å². The van der Waals surface area contributed by atoms with Crippen LogP contribution in [-0.2, 0) is 0 Å². The van der Waals surface area contributed by atoms with Crippen LogP contribution in [0.25, 0.3) is 0 Å². The maximum Gasteiger partial charge on any atom is 0.00886 e. The van der Waals surface area contributed by atoms with E-state index in [1.807, 2.05) is 0 Å². The molecule has 0 aliphatic heterocycles. The summed E-state index contributed by atoms with van der Waals surface area (Å²) in [4.78, 5) is 0. The second-order valence-electron chi connectivity index (χ2n) is 5.29. The van der Waals surface area contributed by atoms with Gasteiger partial charge in [0.05, 0.1) is 0 Å². The van der Waals surface area contributed by atoms with Crippen molar-refractivity contribution >= 4 is 0 Å². The second kappa shape index (κ2) is 13.6. The zero-order valence-corrected chi connectivity index (χ0v) is 12.3. The van der Waals surface area contributed by atoms with Crippen LogP contribution >= 0.6 is 0 Å². The molecule has 0 aliphatic rings. The average Bonchev–Trinajstić information content (AvgIpc) is 2.30. The second-order valence-corrected chi connectivity index (χ2v) is 5.29. The molecule has 0 bridgehead atoms. The Kier molecular flexibility index (Phi) is 13.3. The molecule has 99 valence electrons. The van der Waals surface area contributed by atoms with E-state index in [9.17, 15) is 0 Å². The summed E-state index contributed by atoms with van der Waals surface area (Å²) in [6, 6.07) is 0. The topological polar surface area (TPSA) is 0 Å². The fourth-order valence-corrected chi connectivity index (χ4v) is 1.86. The van der Waals surface area contributed by atoms with Crippen LogP contribution in [0.3, 0.4) is 0 Å². The van der Waals surface area contributed by atoms with Crippen LogP contribution in [0.1, 0.15) is 91.4 Å². The molecule has 0 aromatic heterocycles. The van der Waals surface area contributed by atoms with Gasteiger partial charge in [-0.1, -0.05) is 59.3 Å². The molecule has 0 heteroatoms. The van der Waals surface area contributed by atoms with Crippen molar-refractivity contribution in [2.75, 3.05) is 0 Å². The highest BCUT2D eigenvalue weighted by Gasteiger charge is 1.93. The predicted octanol–water partition coefficient (Wildman–Crippen LogP) is 5.92. The quantitative estimate of drug-likeness (QED) is 0.326. The van der Waals surface area contributed by atoms with E-state index >= 15 is 0 Å². The molecule has 0 heterocycles. The molecular weight excluding hydrogens is 204 g/mol. The Morgan fingerprint density at radius 3 is 1.76 bits per heavy atom. The molecule has 17 heavy (non-hydrogen) atoms. The van der Waals surface area contributed by atoms with E-state index in [1.165, 1.54) is 57.8 Å². The third-order valence-electron chi connectivity index (χ3n) is 3.01. The first-order valence-electron chi connectivity index (χ1n) is 7.52. The van der Waals surface area contributed by atoms with Gasteiger partial charge < -0.3 is 0 Å². The summed E-state index contributed by atoms with van der Waals surface area (Å²) in [5, 5.41) is 0. The van der Waals surface area contributed by atoms with Gasteiger partial charge in [0.15, 0.2) is 0 Å². The zero-order chi connectivity index (χ0) is 12.8. The Hall–Kier alpha value is -0.440. The fourth-order valence-electron chi connectivity index (χ4n) is 1.86. The smallest absolute Gasteiger partial charge is 0.00886 e. The van der Waals surface area contributed by atoms with Crippen molar-refractivity contribution in [1.82, 2.24) is 0 Å². The number of hydrogen-bond acceptors (Lipinski definition) is 0. The normalized spacial score (nSPS) is 10.4. The predicted molar refractivity (Wildman–Crippen MR) is 78.8 cm³/mol. The Morgan fingerprint density at radius 2 is 1.24 bits per heavy atom. The van der Waals surface area contributed by atoms with Gasteiger partial charge in [0, 0.05) is 12.8 Å². The molecular formula is C17H31. The average molecular weight is 235 g/mol. The lowest BCUT2D eigenvalue weighted by Crippen LogP contribution is -1.84. The third-order valence-corrected chi connectivity index (χ3v) is 3.01. The molecule has 0 aromatic carbocycles. The molecule has 0 saturated heterocycles. The highest BCUT2D eigenvalue weighted by atomic mass is 14.0. The minimum Gasteiger partial charge on any atom is -0.103 e. The zero-order valence-electron chi connectivity index (χ0n) is 12.3. The largest absolute Gasteiger partial charge is 0.103 e. The van der Waals surface area contributed by atoms with Gasteiger partial charge in [0.2, 0.25) is 0 Å². The SMILES string of the molecule is CCCCCCC#CCCCCCC[C](C)C. The van der Waals surface area contributed by atoms with Crippen molar-refractivity contribution in [1.29, 1.82) is 0 Å². The van der Waals surface area contributed by atoms with Gasteiger partial charge in [-0.15, -0.1) is 11.8 Å². The van der Waals surface area contributed by atoms with Gasteiger partial charge >= 0.3 is 0 Å². The lowest BCUT2D eigenvalue weighted by Gasteiger charge is -2.02. The van der Waals surface area contributed by atoms with Gasteiger partial charge in [0.25, 0.3) is 0 Å². The molecule has 0 atom stereocenters. The van der Waals surface area contributed by atoms with Crippen molar-refractivity contribution in [2.45, 2.75) is 91.4 Å². The summed E-state index contributed by atoms with van der Waals surface area (Å²) in [6.07, 6.45) is 14.3. The molecule has 0 amide bonds. The van der Waals surface area contributed by atoms with E-state index < -0.39 is 0 Å². The standard InChI is InChI=1S/C17H31/c1-4-5-6-7-8-9-10-11-12-13-14-15-16-17(2)3/h4-8,11-16H2,1-3H3. The van der Waals surface area contributed by atoms with E-state index in [4.69, 9.17) is 0 Å².